The topological polar surface area (TPSA) is 65.1 Å². The van der Waals surface area contributed by atoms with E-state index in [-0.39, 0.29) is 5.91 Å². The van der Waals surface area contributed by atoms with Gasteiger partial charge in [-0.05, 0) is 66.9 Å². The van der Waals surface area contributed by atoms with E-state index in [1.807, 2.05) is 37.3 Å². The van der Waals surface area contributed by atoms with Crippen LogP contribution in [-0.4, -0.2) is 41.9 Å². The normalized spacial score (nSPS) is 14.3. The Morgan fingerprint density at radius 2 is 1.67 bits per heavy atom. The van der Waals surface area contributed by atoms with Crippen LogP contribution in [0.5, 0.6) is 17.2 Å². The van der Waals surface area contributed by atoms with E-state index in [0.29, 0.717) is 45.0 Å². The molecule has 0 N–H and O–H groups in total. The number of carbonyl (C=O) groups is 2. The number of carbonyl (C=O) groups excluding carboxylic acids is 2. The summed E-state index contributed by atoms with van der Waals surface area (Å²) in [5, 5.41) is 0. The third-order valence-electron chi connectivity index (χ3n) is 5.62. The Balaban J connectivity index is 1.38. The molecule has 8 heteroatoms. The van der Waals surface area contributed by atoms with Gasteiger partial charge in [0, 0.05) is 6.54 Å². The van der Waals surface area contributed by atoms with Crippen molar-refractivity contribution in [1.29, 1.82) is 0 Å². The average Bonchev–Trinajstić information content (AvgIpc) is 3.15. The third kappa shape index (κ3) is 5.95. The molecule has 184 valence electrons. The summed E-state index contributed by atoms with van der Waals surface area (Å²) < 4.78 is 16.6. The smallest absolute Gasteiger partial charge is 0.343 e. The number of aryl methyl sites for hydroxylation is 1. The second-order valence-electron chi connectivity index (χ2n) is 8.10. The van der Waals surface area contributed by atoms with Crippen molar-refractivity contribution in [2.75, 3.05) is 20.8 Å². The summed E-state index contributed by atoms with van der Waals surface area (Å²) >= 11 is 6.74. The van der Waals surface area contributed by atoms with Crippen LogP contribution >= 0.6 is 24.0 Å². The molecule has 4 rings (SSSR count). The van der Waals surface area contributed by atoms with Gasteiger partial charge in [0.1, 0.15) is 10.1 Å². The molecule has 0 unspecified atom stereocenters. The van der Waals surface area contributed by atoms with Crippen LogP contribution in [0, 0.1) is 6.92 Å². The van der Waals surface area contributed by atoms with Crippen LogP contribution in [0.25, 0.3) is 6.08 Å². The van der Waals surface area contributed by atoms with E-state index >= 15 is 0 Å². The summed E-state index contributed by atoms with van der Waals surface area (Å²) in [7, 11) is 3.19. The number of amides is 1. The van der Waals surface area contributed by atoms with Gasteiger partial charge in [0.2, 0.25) is 0 Å². The molecular weight excluding hydrogens is 494 g/mol. The molecule has 1 heterocycles. The largest absolute Gasteiger partial charge is 0.493 e. The predicted molar refractivity (Wildman–Crippen MR) is 146 cm³/mol. The second kappa shape index (κ2) is 11.4. The van der Waals surface area contributed by atoms with Gasteiger partial charge in [-0.15, -0.1) is 0 Å². The Labute approximate surface area is 219 Å². The molecule has 1 aliphatic rings. The number of methoxy groups -OCH3 is 2. The molecule has 1 fully saturated rings. The Hall–Kier alpha value is -3.62. The fraction of sp³-hybridized carbons (Fsp3) is 0.179. The van der Waals surface area contributed by atoms with Crippen molar-refractivity contribution in [3.8, 4) is 17.2 Å². The lowest BCUT2D eigenvalue weighted by atomic mass is 10.1. The van der Waals surface area contributed by atoms with Crippen LogP contribution in [0.2, 0.25) is 0 Å². The van der Waals surface area contributed by atoms with Crippen LogP contribution in [0.3, 0.4) is 0 Å². The van der Waals surface area contributed by atoms with Gasteiger partial charge >= 0.3 is 5.97 Å². The molecule has 1 aliphatic heterocycles. The average molecular weight is 520 g/mol. The number of thiocarbonyl (C=S) groups is 1. The Kier molecular flexibility index (Phi) is 8.07. The van der Waals surface area contributed by atoms with Gasteiger partial charge in [-0.25, -0.2) is 4.79 Å². The first-order valence-corrected chi connectivity index (χ1v) is 12.5. The van der Waals surface area contributed by atoms with E-state index in [0.717, 1.165) is 16.7 Å². The van der Waals surface area contributed by atoms with E-state index in [1.165, 1.54) is 11.8 Å². The van der Waals surface area contributed by atoms with Crippen molar-refractivity contribution in [3.05, 3.63) is 93.9 Å². The molecule has 0 aromatic heterocycles. The number of rotatable bonds is 8. The summed E-state index contributed by atoms with van der Waals surface area (Å²) in [6.45, 7) is 2.42. The highest BCUT2D eigenvalue weighted by molar-refractivity contribution is 8.26. The Bertz CT molecular complexity index is 1320. The summed E-state index contributed by atoms with van der Waals surface area (Å²) in [6, 6.07) is 19.9. The van der Waals surface area contributed by atoms with Gasteiger partial charge < -0.3 is 14.2 Å². The summed E-state index contributed by atoms with van der Waals surface area (Å²) in [5.74, 6) is 1.19. The minimum absolute atomic E-state index is 0.125. The molecule has 0 spiro atoms. The molecule has 0 bridgehead atoms. The van der Waals surface area contributed by atoms with E-state index in [2.05, 4.69) is 0 Å². The van der Waals surface area contributed by atoms with E-state index in [1.54, 1.807) is 61.6 Å². The highest BCUT2D eigenvalue weighted by Crippen LogP contribution is 2.33. The molecule has 36 heavy (non-hydrogen) atoms. The van der Waals surface area contributed by atoms with E-state index in [9.17, 15) is 9.59 Å². The fourth-order valence-electron chi connectivity index (χ4n) is 3.61. The molecule has 3 aromatic carbocycles. The monoisotopic (exact) mass is 519 g/mol. The van der Waals surface area contributed by atoms with Gasteiger partial charge in [0.15, 0.2) is 11.5 Å². The maximum atomic E-state index is 13.0. The van der Waals surface area contributed by atoms with E-state index in [4.69, 9.17) is 26.4 Å². The highest BCUT2D eigenvalue weighted by atomic mass is 32.2. The maximum absolute atomic E-state index is 13.0. The number of ether oxygens (including phenoxy) is 3. The SMILES string of the molecule is COc1ccc(CCN2C(=O)C(=Cc3ccc(OC(=O)c4ccc(C)cc4)cc3)SC2=S)cc1OC. The van der Waals surface area contributed by atoms with Crippen molar-refractivity contribution < 1.29 is 23.8 Å². The van der Waals surface area contributed by atoms with Crippen LogP contribution in [0.1, 0.15) is 27.0 Å². The van der Waals surface area contributed by atoms with Crippen LogP contribution in [-0.2, 0) is 11.2 Å². The zero-order valence-corrected chi connectivity index (χ0v) is 21.8. The number of benzene rings is 3. The molecule has 3 aromatic rings. The first-order valence-electron chi connectivity index (χ1n) is 11.2. The minimum atomic E-state index is -0.418. The number of esters is 1. The zero-order valence-electron chi connectivity index (χ0n) is 20.1. The first kappa shape index (κ1) is 25.5. The third-order valence-corrected chi connectivity index (χ3v) is 7.00. The van der Waals surface area contributed by atoms with E-state index < -0.39 is 5.97 Å². The standard InChI is InChI=1S/C28H25NO5S2/c1-18-4-9-21(10-5-18)27(31)34-22-11-6-19(7-12-22)17-25-26(30)29(28(35)36-25)15-14-20-8-13-23(32-2)24(16-20)33-3/h4-13,16-17H,14-15H2,1-3H3. The van der Waals surface area contributed by atoms with Crippen molar-refractivity contribution in [3.63, 3.8) is 0 Å². The second-order valence-corrected chi connectivity index (χ2v) is 9.77. The number of hydrogen-bond donors (Lipinski definition) is 0. The van der Waals surface area contributed by atoms with Gasteiger partial charge in [-0.3, -0.25) is 9.69 Å². The Morgan fingerprint density at radius 3 is 2.33 bits per heavy atom. The molecule has 6 nitrogen and oxygen atoms in total. The number of hydrogen-bond acceptors (Lipinski definition) is 7. The molecule has 0 radical (unpaired) electrons. The molecular formula is C28H25NO5S2. The van der Waals surface area contributed by atoms with Gasteiger partial charge in [-0.2, -0.15) is 0 Å². The maximum Gasteiger partial charge on any atom is 0.343 e. The summed E-state index contributed by atoms with van der Waals surface area (Å²) in [6.07, 6.45) is 2.42. The lowest BCUT2D eigenvalue weighted by Crippen LogP contribution is -2.30. The van der Waals surface area contributed by atoms with Gasteiger partial charge in [-0.1, -0.05) is 59.9 Å². The quantitative estimate of drug-likeness (QED) is 0.164. The first-order chi connectivity index (χ1) is 17.4. The number of thioether (sulfide) groups is 1. The van der Waals surface area contributed by atoms with Crippen LogP contribution in [0.4, 0.5) is 0 Å². The van der Waals surface area contributed by atoms with Gasteiger partial charge in [0.25, 0.3) is 5.91 Å². The minimum Gasteiger partial charge on any atom is -0.493 e. The predicted octanol–water partition coefficient (Wildman–Crippen LogP) is 5.68. The Morgan fingerprint density at radius 1 is 0.972 bits per heavy atom. The molecule has 0 atom stereocenters. The molecule has 0 aliphatic carbocycles. The molecule has 0 saturated carbocycles. The highest BCUT2D eigenvalue weighted by Gasteiger charge is 2.31. The lowest BCUT2D eigenvalue weighted by molar-refractivity contribution is -0.122. The van der Waals surface area contributed by atoms with Crippen molar-refractivity contribution in [2.45, 2.75) is 13.3 Å². The van der Waals surface area contributed by atoms with Crippen LogP contribution in [0.15, 0.2) is 71.6 Å². The molecule has 1 amide bonds. The summed E-state index contributed by atoms with van der Waals surface area (Å²) in [5.41, 5.74) is 3.38. The van der Waals surface area contributed by atoms with Crippen LogP contribution < -0.4 is 14.2 Å². The van der Waals surface area contributed by atoms with Crippen molar-refractivity contribution in [2.24, 2.45) is 0 Å². The van der Waals surface area contributed by atoms with Crippen molar-refractivity contribution >= 4 is 46.3 Å². The zero-order chi connectivity index (χ0) is 25.7. The fourth-order valence-corrected chi connectivity index (χ4v) is 4.92. The summed E-state index contributed by atoms with van der Waals surface area (Å²) in [4.78, 5) is 27.5. The van der Waals surface area contributed by atoms with Gasteiger partial charge in [0.05, 0.1) is 24.7 Å². The number of nitrogens with zero attached hydrogens (tertiary/aromatic N) is 1. The lowest BCUT2D eigenvalue weighted by Gasteiger charge is -2.15. The van der Waals surface area contributed by atoms with Crippen molar-refractivity contribution in [1.82, 2.24) is 4.90 Å². The molecule has 1 saturated heterocycles.